The van der Waals surface area contributed by atoms with E-state index >= 15 is 0 Å². The van der Waals surface area contributed by atoms with E-state index in [0.29, 0.717) is 17.8 Å². The SMILES string of the molecule is CCNC(=O)[C@@H](C)NC(=O)c1ccc(NC(=O)c2ccco2)cc1. The number of benzene rings is 1. The molecule has 7 heteroatoms. The summed E-state index contributed by atoms with van der Waals surface area (Å²) in [6, 6.07) is 8.89. The molecule has 2 aromatic rings. The lowest BCUT2D eigenvalue weighted by atomic mass is 10.1. The maximum atomic E-state index is 12.1. The lowest BCUT2D eigenvalue weighted by Gasteiger charge is -2.13. The van der Waals surface area contributed by atoms with Gasteiger partial charge in [-0.05, 0) is 50.2 Å². The van der Waals surface area contributed by atoms with Crippen LogP contribution in [0.2, 0.25) is 0 Å². The molecule has 1 aromatic carbocycles. The van der Waals surface area contributed by atoms with Crippen molar-refractivity contribution in [2.45, 2.75) is 19.9 Å². The van der Waals surface area contributed by atoms with Gasteiger partial charge in [0.15, 0.2) is 5.76 Å². The standard InChI is InChI=1S/C17H19N3O4/c1-3-18-15(21)11(2)19-16(22)12-6-8-13(9-7-12)20-17(23)14-5-4-10-24-14/h4-11H,3H2,1-2H3,(H,18,21)(H,19,22)(H,20,23)/t11-/m1/s1. The summed E-state index contributed by atoms with van der Waals surface area (Å²) in [4.78, 5) is 35.6. The lowest BCUT2D eigenvalue weighted by molar-refractivity contribution is -0.122. The third-order valence-electron chi connectivity index (χ3n) is 3.24. The molecule has 0 saturated carbocycles. The first-order valence-corrected chi connectivity index (χ1v) is 7.54. The summed E-state index contributed by atoms with van der Waals surface area (Å²) in [7, 11) is 0. The van der Waals surface area contributed by atoms with Crippen LogP contribution in [0.15, 0.2) is 47.1 Å². The molecular formula is C17H19N3O4. The van der Waals surface area contributed by atoms with E-state index in [9.17, 15) is 14.4 Å². The van der Waals surface area contributed by atoms with Crippen LogP contribution < -0.4 is 16.0 Å². The van der Waals surface area contributed by atoms with Crippen molar-refractivity contribution < 1.29 is 18.8 Å². The third kappa shape index (κ3) is 4.45. The lowest BCUT2D eigenvalue weighted by Crippen LogP contribution is -2.44. The molecule has 24 heavy (non-hydrogen) atoms. The third-order valence-corrected chi connectivity index (χ3v) is 3.24. The number of hydrogen-bond donors (Lipinski definition) is 3. The fourth-order valence-corrected chi connectivity index (χ4v) is 1.98. The number of likely N-dealkylation sites (N-methyl/N-ethyl adjacent to an activating group) is 1. The molecule has 2 rings (SSSR count). The molecular weight excluding hydrogens is 310 g/mol. The second-order valence-corrected chi connectivity index (χ2v) is 5.10. The summed E-state index contributed by atoms with van der Waals surface area (Å²) in [6.45, 7) is 3.92. The van der Waals surface area contributed by atoms with Gasteiger partial charge in [-0.3, -0.25) is 14.4 Å². The van der Waals surface area contributed by atoms with Gasteiger partial charge in [0, 0.05) is 17.8 Å². The van der Waals surface area contributed by atoms with Gasteiger partial charge in [0.25, 0.3) is 11.8 Å². The molecule has 0 aliphatic carbocycles. The molecule has 1 heterocycles. The number of carbonyl (C=O) groups is 3. The molecule has 1 atom stereocenters. The van der Waals surface area contributed by atoms with Crippen LogP contribution >= 0.6 is 0 Å². The zero-order chi connectivity index (χ0) is 17.5. The maximum Gasteiger partial charge on any atom is 0.291 e. The molecule has 1 aromatic heterocycles. The van der Waals surface area contributed by atoms with Crippen LogP contribution in [0.1, 0.15) is 34.8 Å². The van der Waals surface area contributed by atoms with Gasteiger partial charge in [0.2, 0.25) is 5.91 Å². The second-order valence-electron chi connectivity index (χ2n) is 5.10. The quantitative estimate of drug-likeness (QED) is 0.752. The van der Waals surface area contributed by atoms with E-state index in [-0.39, 0.29) is 23.5 Å². The molecule has 0 spiro atoms. The Balaban J connectivity index is 1.95. The summed E-state index contributed by atoms with van der Waals surface area (Å²) in [5, 5.41) is 7.90. The van der Waals surface area contributed by atoms with Crippen molar-refractivity contribution in [3.63, 3.8) is 0 Å². The molecule has 3 N–H and O–H groups in total. The molecule has 0 aliphatic rings. The van der Waals surface area contributed by atoms with Crippen molar-refractivity contribution in [3.05, 3.63) is 54.0 Å². The van der Waals surface area contributed by atoms with E-state index < -0.39 is 6.04 Å². The Morgan fingerprint density at radius 2 is 1.79 bits per heavy atom. The van der Waals surface area contributed by atoms with Gasteiger partial charge in [0.1, 0.15) is 6.04 Å². The molecule has 0 bridgehead atoms. The molecule has 0 aliphatic heterocycles. The fraction of sp³-hybridized carbons (Fsp3) is 0.235. The van der Waals surface area contributed by atoms with Gasteiger partial charge in [-0.1, -0.05) is 0 Å². The van der Waals surface area contributed by atoms with Crippen LogP contribution in [0.4, 0.5) is 5.69 Å². The first-order valence-electron chi connectivity index (χ1n) is 7.54. The monoisotopic (exact) mass is 329 g/mol. The van der Waals surface area contributed by atoms with E-state index in [4.69, 9.17) is 4.42 Å². The Morgan fingerprint density at radius 1 is 1.08 bits per heavy atom. The number of carbonyl (C=O) groups excluding carboxylic acids is 3. The number of anilines is 1. The van der Waals surface area contributed by atoms with Gasteiger partial charge >= 0.3 is 0 Å². The number of rotatable bonds is 6. The van der Waals surface area contributed by atoms with Crippen molar-refractivity contribution in [1.29, 1.82) is 0 Å². The topological polar surface area (TPSA) is 100 Å². The van der Waals surface area contributed by atoms with Crippen LogP contribution in [0.25, 0.3) is 0 Å². The zero-order valence-corrected chi connectivity index (χ0v) is 13.5. The van der Waals surface area contributed by atoms with Gasteiger partial charge in [-0.15, -0.1) is 0 Å². The molecule has 126 valence electrons. The van der Waals surface area contributed by atoms with Gasteiger partial charge in [-0.2, -0.15) is 0 Å². The van der Waals surface area contributed by atoms with Gasteiger partial charge in [0.05, 0.1) is 6.26 Å². The first kappa shape index (κ1) is 17.3. The first-order chi connectivity index (χ1) is 11.5. The highest BCUT2D eigenvalue weighted by Crippen LogP contribution is 2.12. The molecule has 3 amide bonds. The van der Waals surface area contributed by atoms with E-state index in [1.807, 2.05) is 6.92 Å². The number of nitrogens with one attached hydrogen (secondary N) is 3. The summed E-state index contributed by atoms with van der Waals surface area (Å²) in [5.41, 5.74) is 0.923. The van der Waals surface area contributed by atoms with Crippen molar-refractivity contribution in [2.75, 3.05) is 11.9 Å². The maximum absolute atomic E-state index is 12.1. The summed E-state index contributed by atoms with van der Waals surface area (Å²) in [5.74, 6) is -0.777. The Morgan fingerprint density at radius 3 is 2.38 bits per heavy atom. The zero-order valence-electron chi connectivity index (χ0n) is 13.5. The highest BCUT2D eigenvalue weighted by Gasteiger charge is 2.16. The predicted molar refractivity (Wildman–Crippen MR) is 88.7 cm³/mol. The van der Waals surface area contributed by atoms with Crippen LogP contribution in [-0.4, -0.2) is 30.3 Å². The molecule has 0 fully saturated rings. The highest BCUT2D eigenvalue weighted by atomic mass is 16.3. The minimum Gasteiger partial charge on any atom is -0.459 e. The average molecular weight is 329 g/mol. The van der Waals surface area contributed by atoms with Crippen molar-refractivity contribution >= 4 is 23.4 Å². The Kier molecular flexibility index (Phi) is 5.73. The van der Waals surface area contributed by atoms with E-state index in [0.717, 1.165) is 0 Å². The highest BCUT2D eigenvalue weighted by molar-refractivity contribution is 6.03. The number of hydrogen-bond acceptors (Lipinski definition) is 4. The van der Waals surface area contributed by atoms with E-state index in [2.05, 4.69) is 16.0 Å². The Bertz CT molecular complexity index is 708. The molecule has 0 radical (unpaired) electrons. The second kappa shape index (κ2) is 7.96. The molecule has 0 saturated heterocycles. The van der Waals surface area contributed by atoms with Crippen LogP contribution in [0.3, 0.4) is 0 Å². The van der Waals surface area contributed by atoms with E-state index in [1.165, 1.54) is 6.26 Å². The number of furan rings is 1. The van der Waals surface area contributed by atoms with Gasteiger partial charge in [-0.25, -0.2) is 0 Å². The van der Waals surface area contributed by atoms with Gasteiger partial charge < -0.3 is 20.4 Å². The summed E-state index contributed by atoms with van der Waals surface area (Å²) in [6.07, 6.45) is 1.41. The molecule has 0 unspecified atom stereocenters. The van der Waals surface area contributed by atoms with Crippen molar-refractivity contribution in [2.24, 2.45) is 0 Å². The summed E-state index contributed by atoms with van der Waals surface area (Å²) < 4.78 is 5.00. The van der Waals surface area contributed by atoms with Crippen molar-refractivity contribution in [3.8, 4) is 0 Å². The Hall–Kier alpha value is -3.09. The minimum absolute atomic E-state index is 0.201. The molecule has 7 nitrogen and oxygen atoms in total. The largest absolute Gasteiger partial charge is 0.459 e. The van der Waals surface area contributed by atoms with Crippen LogP contribution in [0.5, 0.6) is 0 Å². The summed E-state index contributed by atoms with van der Waals surface area (Å²) >= 11 is 0. The smallest absolute Gasteiger partial charge is 0.291 e. The van der Waals surface area contributed by atoms with E-state index in [1.54, 1.807) is 43.3 Å². The normalized spacial score (nSPS) is 11.4. The minimum atomic E-state index is -0.629. The van der Waals surface area contributed by atoms with Crippen LogP contribution in [-0.2, 0) is 4.79 Å². The van der Waals surface area contributed by atoms with Crippen LogP contribution in [0, 0.1) is 0 Å². The van der Waals surface area contributed by atoms with Crippen molar-refractivity contribution in [1.82, 2.24) is 10.6 Å². The fourth-order valence-electron chi connectivity index (χ4n) is 1.98. The average Bonchev–Trinajstić information content (AvgIpc) is 3.10. The number of amides is 3. The predicted octanol–water partition coefficient (Wildman–Crippen LogP) is 1.79. The Labute approximate surface area is 139 Å².